The van der Waals surface area contributed by atoms with E-state index in [1.807, 2.05) is 18.7 Å². The summed E-state index contributed by atoms with van der Waals surface area (Å²) < 4.78 is 5.07. The third-order valence-electron chi connectivity index (χ3n) is 4.42. The number of piperidine rings is 1. The molecule has 1 aliphatic heterocycles. The molecular weight excluding hydrogens is 388 g/mol. The maximum atomic E-state index is 12.3. The molecule has 6 nitrogen and oxygen atoms in total. The van der Waals surface area contributed by atoms with Crippen molar-refractivity contribution in [2.24, 2.45) is 0 Å². The van der Waals surface area contributed by atoms with E-state index in [2.05, 4.69) is 5.32 Å². The fraction of sp³-hybridized carbons (Fsp3) is 0.526. The van der Waals surface area contributed by atoms with Gasteiger partial charge in [0.05, 0.1) is 11.5 Å². The Kier molecular flexibility index (Phi) is 8.44. The van der Waals surface area contributed by atoms with E-state index in [4.69, 9.17) is 16.3 Å². The number of anilines is 1. The van der Waals surface area contributed by atoms with Crippen LogP contribution in [-0.2, 0) is 19.1 Å². The molecule has 0 spiro atoms. The second kappa shape index (κ2) is 10.6. The molecule has 1 saturated heterocycles. The molecule has 27 heavy (non-hydrogen) atoms. The number of rotatable bonds is 7. The summed E-state index contributed by atoms with van der Waals surface area (Å²) in [4.78, 5) is 37.8. The second-order valence-corrected chi connectivity index (χ2v) is 8.06. The van der Waals surface area contributed by atoms with Crippen LogP contribution >= 0.6 is 23.4 Å². The van der Waals surface area contributed by atoms with Gasteiger partial charge in [-0.2, -0.15) is 0 Å². The number of carbonyl (C=O) groups is 3. The quantitative estimate of drug-likeness (QED) is 0.695. The van der Waals surface area contributed by atoms with Crippen molar-refractivity contribution in [3.8, 4) is 0 Å². The van der Waals surface area contributed by atoms with Crippen LogP contribution in [-0.4, -0.2) is 52.9 Å². The number of thioether (sulfide) groups is 1. The highest BCUT2D eigenvalue weighted by molar-refractivity contribution is 8.00. The van der Waals surface area contributed by atoms with E-state index in [9.17, 15) is 14.4 Å². The van der Waals surface area contributed by atoms with Gasteiger partial charge in [0.1, 0.15) is 0 Å². The largest absolute Gasteiger partial charge is 0.455 e. The van der Waals surface area contributed by atoms with Crippen molar-refractivity contribution in [2.45, 2.75) is 45.2 Å². The summed E-state index contributed by atoms with van der Waals surface area (Å²) in [6.45, 7) is 3.79. The third kappa shape index (κ3) is 7.07. The van der Waals surface area contributed by atoms with E-state index in [0.29, 0.717) is 10.7 Å². The number of likely N-dealkylation sites (tertiary alicyclic amines) is 1. The topological polar surface area (TPSA) is 75.7 Å². The molecule has 0 radical (unpaired) electrons. The number of benzene rings is 1. The molecule has 8 heteroatoms. The summed E-state index contributed by atoms with van der Waals surface area (Å²) in [7, 11) is 0. The minimum Gasteiger partial charge on any atom is -0.455 e. The smallest absolute Gasteiger partial charge is 0.316 e. The SMILES string of the molecule is C[C@@H]1CCC[C@@H](C)N1C(=O)COC(=O)CSCC(=O)Nc1ccc(Cl)cc1. The monoisotopic (exact) mass is 412 g/mol. The van der Waals surface area contributed by atoms with Gasteiger partial charge in [-0.1, -0.05) is 11.6 Å². The van der Waals surface area contributed by atoms with Gasteiger partial charge in [0.25, 0.3) is 5.91 Å². The summed E-state index contributed by atoms with van der Waals surface area (Å²) in [6, 6.07) is 7.11. The number of hydrogen-bond acceptors (Lipinski definition) is 5. The fourth-order valence-electron chi connectivity index (χ4n) is 3.13. The zero-order valence-electron chi connectivity index (χ0n) is 15.6. The molecular formula is C19H25ClN2O4S. The van der Waals surface area contributed by atoms with Crippen LogP contribution in [0.2, 0.25) is 5.02 Å². The molecule has 1 fully saturated rings. The second-order valence-electron chi connectivity index (χ2n) is 6.64. The van der Waals surface area contributed by atoms with Crippen LogP contribution in [0, 0.1) is 0 Å². The minimum atomic E-state index is -0.495. The van der Waals surface area contributed by atoms with E-state index in [1.54, 1.807) is 24.3 Å². The molecule has 148 valence electrons. The first-order valence-corrected chi connectivity index (χ1v) is 10.5. The van der Waals surface area contributed by atoms with Crippen molar-refractivity contribution in [2.75, 3.05) is 23.4 Å². The highest BCUT2D eigenvalue weighted by Gasteiger charge is 2.29. The molecule has 0 bridgehead atoms. The van der Waals surface area contributed by atoms with Crippen molar-refractivity contribution in [3.63, 3.8) is 0 Å². The van der Waals surface area contributed by atoms with Crippen LogP contribution < -0.4 is 5.32 Å². The average Bonchev–Trinajstić information content (AvgIpc) is 2.62. The number of nitrogens with zero attached hydrogens (tertiary/aromatic N) is 1. The number of ether oxygens (including phenoxy) is 1. The third-order valence-corrected chi connectivity index (χ3v) is 5.58. The molecule has 0 aliphatic carbocycles. The molecule has 0 saturated carbocycles. The number of amides is 2. The van der Waals surface area contributed by atoms with Crippen molar-refractivity contribution in [1.82, 2.24) is 4.90 Å². The Hall–Kier alpha value is -1.73. The number of carbonyl (C=O) groups excluding carboxylic acids is 3. The highest BCUT2D eigenvalue weighted by atomic mass is 35.5. The van der Waals surface area contributed by atoms with Crippen molar-refractivity contribution < 1.29 is 19.1 Å². The van der Waals surface area contributed by atoms with Gasteiger partial charge in [0, 0.05) is 22.8 Å². The van der Waals surface area contributed by atoms with E-state index in [1.165, 1.54) is 0 Å². The van der Waals surface area contributed by atoms with Gasteiger partial charge in [-0.05, 0) is 57.4 Å². The normalized spacial score (nSPS) is 19.4. The van der Waals surface area contributed by atoms with Crippen molar-refractivity contribution >= 4 is 46.8 Å². The first-order valence-electron chi connectivity index (χ1n) is 8.96. The first kappa shape index (κ1) is 21.6. The number of halogens is 1. The number of hydrogen-bond donors (Lipinski definition) is 1. The Morgan fingerprint density at radius 1 is 1.15 bits per heavy atom. The maximum Gasteiger partial charge on any atom is 0.316 e. The summed E-state index contributed by atoms with van der Waals surface area (Å²) >= 11 is 6.93. The highest BCUT2D eigenvalue weighted by Crippen LogP contribution is 2.22. The van der Waals surface area contributed by atoms with Gasteiger partial charge in [-0.25, -0.2) is 0 Å². The molecule has 1 heterocycles. The lowest BCUT2D eigenvalue weighted by Crippen LogP contribution is -2.49. The van der Waals surface area contributed by atoms with Gasteiger partial charge >= 0.3 is 5.97 Å². The molecule has 1 N–H and O–H groups in total. The molecule has 1 aromatic carbocycles. The molecule has 2 amide bonds. The molecule has 0 unspecified atom stereocenters. The molecule has 0 aromatic heterocycles. The van der Waals surface area contributed by atoms with Crippen LogP contribution in [0.5, 0.6) is 0 Å². The van der Waals surface area contributed by atoms with E-state index in [-0.39, 0.29) is 42.0 Å². The Bertz CT molecular complexity index is 658. The van der Waals surface area contributed by atoms with Gasteiger partial charge in [-0.15, -0.1) is 11.8 Å². The van der Waals surface area contributed by atoms with Crippen molar-refractivity contribution in [3.05, 3.63) is 29.3 Å². The maximum absolute atomic E-state index is 12.3. The Balaban J connectivity index is 1.64. The Morgan fingerprint density at radius 3 is 2.41 bits per heavy atom. The summed E-state index contributed by atoms with van der Waals surface area (Å²) in [5, 5.41) is 3.31. The standard InChI is InChI=1S/C19H25ClN2O4S/c1-13-4-3-5-14(2)22(13)18(24)10-26-19(25)12-27-11-17(23)21-16-8-6-15(20)7-9-16/h6-9,13-14H,3-5,10-12H2,1-2H3,(H,21,23)/t13-,14-/m1/s1. The zero-order chi connectivity index (χ0) is 19.8. The summed E-state index contributed by atoms with van der Waals surface area (Å²) in [5.74, 6) is -0.737. The summed E-state index contributed by atoms with van der Waals surface area (Å²) in [6.07, 6.45) is 3.06. The van der Waals surface area contributed by atoms with E-state index >= 15 is 0 Å². The predicted molar refractivity (Wildman–Crippen MR) is 108 cm³/mol. The van der Waals surface area contributed by atoms with Crippen LogP contribution in [0.25, 0.3) is 0 Å². The van der Waals surface area contributed by atoms with Crippen LogP contribution in [0.4, 0.5) is 5.69 Å². The Labute approximate surface area is 169 Å². The predicted octanol–water partition coefficient (Wildman–Crippen LogP) is 3.34. The summed E-state index contributed by atoms with van der Waals surface area (Å²) in [5.41, 5.74) is 0.642. The van der Waals surface area contributed by atoms with Gasteiger partial charge in [0.2, 0.25) is 5.91 Å². The van der Waals surface area contributed by atoms with E-state index in [0.717, 1.165) is 31.0 Å². The van der Waals surface area contributed by atoms with Crippen LogP contribution in [0.3, 0.4) is 0 Å². The first-order chi connectivity index (χ1) is 12.9. The molecule has 1 aliphatic rings. The van der Waals surface area contributed by atoms with E-state index < -0.39 is 5.97 Å². The number of esters is 1. The Morgan fingerprint density at radius 2 is 1.78 bits per heavy atom. The number of nitrogens with one attached hydrogen (secondary N) is 1. The van der Waals surface area contributed by atoms with Gasteiger partial charge < -0.3 is 15.0 Å². The van der Waals surface area contributed by atoms with Gasteiger partial charge in [0.15, 0.2) is 6.61 Å². The van der Waals surface area contributed by atoms with Gasteiger partial charge in [-0.3, -0.25) is 14.4 Å². The lowest BCUT2D eigenvalue weighted by molar-refractivity contribution is -0.153. The molecule has 1 aromatic rings. The minimum absolute atomic E-state index is 0.0203. The lowest BCUT2D eigenvalue weighted by Gasteiger charge is -2.38. The zero-order valence-corrected chi connectivity index (χ0v) is 17.1. The lowest BCUT2D eigenvalue weighted by atomic mass is 9.97. The molecule has 2 rings (SSSR count). The van der Waals surface area contributed by atoms with Crippen LogP contribution in [0.15, 0.2) is 24.3 Å². The average molecular weight is 413 g/mol. The fourth-order valence-corrected chi connectivity index (χ4v) is 3.86. The van der Waals surface area contributed by atoms with Crippen LogP contribution in [0.1, 0.15) is 33.1 Å². The molecule has 2 atom stereocenters. The van der Waals surface area contributed by atoms with Crippen molar-refractivity contribution in [1.29, 1.82) is 0 Å².